The summed E-state index contributed by atoms with van der Waals surface area (Å²) in [5, 5.41) is 21.3. The van der Waals surface area contributed by atoms with Gasteiger partial charge in [-0.3, -0.25) is 24.0 Å². The van der Waals surface area contributed by atoms with Crippen LogP contribution >= 0.6 is 0 Å². The fourth-order valence-corrected chi connectivity index (χ4v) is 5.40. The van der Waals surface area contributed by atoms with Crippen LogP contribution in [0.5, 0.6) is 0 Å². The third-order valence-corrected chi connectivity index (χ3v) is 7.70. The second-order valence-corrected chi connectivity index (χ2v) is 10.9. The number of rotatable bonds is 14. The summed E-state index contributed by atoms with van der Waals surface area (Å²) < 4.78 is 0. The molecule has 220 valence electrons. The molecule has 4 amide bonds. The predicted octanol–water partition coefficient (Wildman–Crippen LogP) is 0.231. The quantitative estimate of drug-likeness (QED) is 0.189. The monoisotopic (exact) mass is 557 g/mol. The molecule has 2 fully saturated rings. The summed E-state index contributed by atoms with van der Waals surface area (Å²) in [4.78, 5) is 64.4. The van der Waals surface area contributed by atoms with Crippen molar-refractivity contribution in [3.8, 4) is 0 Å². The van der Waals surface area contributed by atoms with Crippen LogP contribution in [0, 0.1) is 5.92 Å². The van der Waals surface area contributed by atoms with Gasteiger partial charge in [0.2, 0.25) is 23.6 Å². The molecule has 0 bridgehead atoms. The molecule has 1 saturated heterocycles. The van der Waals surface area contributed by atoms with Crippen LogP contribution in [0.15, 0.2) is 30.3 Å². The highest BCUT2D eigenvalue weighted by molar-refractivity contribution is 5.96. The maximum Gasteiger partial charge on any atom is 0.245 e. The molecule has 1 aromatic rings. The zero-order valence-corrected chi connectivity index (χ0v) is 23.2. The van der Waals surface area contributed by atoms with E-state index >= 15 is 0 Å². The summed E-state index contributed by atoms with van der Waals surface area (Å²) in [5.41, 5.74) is 6.20. The van der Waals surface area contributed by atoms with E-state index in [1.54, 1.807) is 0 Å². The van der Waals surface area contributed by atoms with Gasteiger partial charge >= 0.3 is 0 Å². The second-order valence-electron chi connectivity index (χ2n) is 10.9. The molecular formula is C29H43N5O6. The summed E-state index contributed by atoms with van der Waals surface area (Å²) in [6.45, 7) is 2.05. The lowest BCUT2D eigenvalue weighted by Gasteiger charge is -2.29. The standard InChI is InChI=1S/C29H43N5O6/c1-18(35)25(34-27(38)21-13-8-16-31-21)29(40)32-22(14-15-24(30)36)28(39)33-23(17-19-9-4-2-5-10-19)26(37)20-11-6-3-7-12-20/h2,4-5,9-10,18,20-23,25,31,35H,3,6-8,11-17H2,1H3,(H2,30,36)(H,32,40)(H,33,39)(H,34,38)/t18-,21+,22+,23+,25+/m1/s1. The predicted molar refractivity (Wildman–Crippen MR) is 149 cm³/mol. The normalized spacial score (nSPS) is 20.5. The lowest BCUT2D eigenvalue weighted by atomic mass is 9.82. The lowest BCUT2D eigenvalue weighted by molar-refractivity contribution is -0.136. The van der Waals surface area contributed by atoms with Crippen LogP contribution in [0.25, 0.3) is 0 Å². The number of nitrogens with one attached hydrogen (secondary N) is 4. The minimum Gasteiger partial charge on any atom is -0.391 e. The number of aliphatic hydroxyl groups is 1. The molecule has 3 rings (SSSR count). The van der Waals surface area contributed by atoms with Gasteiger partial charge < -0.3 is 32.1 Å². The van der Waals surface area contributed by atoms with Crippen LogP contribution in [0.2, 0.25) is 0 Å². The Bertz CT molecular complexity index is 1020. The summed E-state index contributed by atoms with van der Waals surface area (Å²) in [6.07, 6.45) is 4.74. The molecule has 1 aliphatic heterocycles. The van der Waals surface area contributed by atoms with E-state index in [9.17, 15) is 29.1 Å². The molecule has 2 aliphatic rings. The van der Waals surface area contributed by atoms with E-state index in [0.717, 1.165) is 44.1 Å². The fraction of sp³-hybridized carbons (Fsp3) is 0.621. The summed E-state index contributed by atoms with van der Waals surface area (Å²) >= 11 is 0. The first-order valence-corrected chi connectivity index (χ1v) is 14.3. The zero-order valence-electron chi connectivity index (χ0n) is 23.2. The molecule has 0 aromatic heterocycles. The number of carbonyl (C=O) groups is 5. The zero-order chi connectivity index (χ0) is 29.1. The van der Waals surface area contributed by atoms with Crippen LogP contribution in [-0.2, 0) is 30.4 Å². The van der Waals surface area contributed by atoms with Crippen molar-refractivity contribution in [1.82, 2.24) is 21.3 Å². The Balaban J connectivity index is 1.75. The van der Waals surface area contributed by atoms with E-state index in [4.69, 9.17) is 5.73 Å². The van der Waals surface area contributed by atoms with Crippen molar-refractivity contribution in [2.24, 2.45) is 11.7 Å². The van der Waals surface area contributed by atoms with Crippen molar-refractivity contribution < 1.29 is 29.1 Å². The molecule has 11 nitrogen and oxygen atoms in total. The van der Waals surface area contributed by atoms with Crippen molar-refractivity contribution in [2.45, 2.75) is 101 Å². The molecule has 1 saturated carbocycles. The smallest absolute Gasteiger partial charge is 0.245 e. The van der Waals surface area contributed by atoms with Crippen LogP contribution < -0.4 is 27.0 Å². The maximum atomic E-state index is 13.5. The largest absolute Gasteiger partial charge is 0.391 e. The molecule has 5 atom stereocenters. The first-order chi connectivity index (χ1) is 19.2. The molecular weight excluding hydrogens is 514 g/mol. The second kappa shape index (κ2) is 15.5. The minimum absolute atomic E-state index is 0.0462. The van der Waals surface area contributed by atoms with Crippen molar-refractivity contribution in [2.75, 3.05) is 6.54 Å². The average molecular weight is 558 g/mol. The molecule has 0 unspecified atom stereocenters. The third kappa shape index (κ3) is 9.41. The van der Waals surface area contributed by atoms with Gasteiger partial charge in [0.1, 0.15) is 12.1 Å². The van der Waals surface area contributed by atoms with E-state index < -0.39 is 53.9 Å². The van der Waals surface area contributed by atoms with Gasteiger partial charge in [0.15, 0.2) is 5.78 Å². The van der Waals surface area contributed by atoms with Crippen molar-refractivity contribution in [1.29, 1.82) is 0 Å². The van der Waals surface area contributed by atoms with Crippen LogP contribution in [0.4, 0.5) is 0 Å². The molecule has 40 heavy (non-hydrogen) atoms. The maximum absolute atomic E-state index is 13.5. The Morgan fingerprint density at radius 3 is 2.20 bits per heavy atom. The van der Waals surface area contributed by atoms with Crippen molar-refractivity contribution in [3.05, 3.63) is 35.9 Å². The number of primary amides is 1. The highest BCUT2D eigenvalue weighted by Crippen LogP contribution is 2.26. The Morgan fingerprint density at radius 1 is 0.925 bits per heavy atom. The van der Waals surface area contributed by atoms with E-state index in [2.05, 4.69) is 21.3 Å². The first-order valence-electron chi connectivity index (χ1n) is 14.3. The Kier molecular flexibility index (Phi) is 12.1. The molecule has 11 heteroatoms. The van der Waals surface area contributed by atoms with Gasteiger partial charge in [-0.15, -0.1) is 0 Å². The molecule has 0 spiro atoms. The number of amides is 4. The highest BCUT2D eigenvalue weighted by atomic mass is 16.3. The van der Waals surface area contributed by atoms with Gasteiger partial charge in [-0.1, -0.05) is 49.6 Å². The topological polar surface area (TPSA) is 180 Å². The number of Topliss-reactive ketones (excluding diaryl/α,β-unsaturated/α-hetero) is 1. The number of hydrogen-bond donors (Lipinski definition) is 6. The number of hydrogen-bond acceptors (Lipinski definition) is 7. The van der Waals surface area contributed by atoms with Gasteiger partial charge in [-0.05, 0) is 57.6 Å². The van der Waals surface area contributed by atoms with Gasteiger partial charge in [-0.2, -0.15) is 0 Å². The summed E-state index contributed by atoms with van der Waals surface area (Å²) in [7, 11) is 0. The SMILES string of the molecule is C[C@@H](O)[C@H](NC(=O)[C@@H]1CCCN1)C(=O)N[C@@H](CCC(N)=O)C(=O)N[C@@H](Cc1ccccc1)C(=O)C1CCCCC1. The molecule has 0 radical (unpaired) electrons. The molecule has 1 aliphatic carbocycles. The lowest BCUT2D eigenvalue weighted by Crippen LogP contribution is -2.60. The van der Waals surface area contributed by atoms with Crippen LogP contribution in [0.1, 0.15) is 70.3 Å². The number of nitrogens with two attached hydrogens (primary N) is 1. The van der Waals surface area contributed by atoms with Crippen molar-refractivity contribution >= 4 is 29.4 Å². The van der Waals surface area contributed by atoms with E-state index in [1.165, 1.54) is 6.92 Å². The molecule has 7 N–H and O–H groups in total. The van der Waals surface area contributed by atoms with Gasteiger partial charge in [0.05, 0.1) is 18.2 Å². The highest BCUT2D eigenvalue weighted by Gasteiger charge is 2.35. The number of aliphatic hydroxyl groups excluding tert-OH is 1. The minimum atomic E-state index is -1.32. The molecule has 1 heterocycles. The Hall–Kier alpha value is -3.31. The van der Waals surface area contributed by atoms with Crippen LogP contribution in [-0.4, -0.2) is 71.3 Å². The summed E-state index contributed by atoms with van der Waals surface area (Å²) in [6, 6.07) is 5.56. The van der Waals surface area contributed by atoms with Crippen molar-refractivity contribution in [3.63, 3.8) is 0 Å². The first kappa shape index (κ1) is 31.2. The van der Waals surface area contributed by atoms with Gasteiger partial charge in [-0.25, -0.2) is 0 Å². The molecule has 1 aromatic carbocycles. The fourth-order valence-electron chi connectivity index (χ4n) is 5.40. The van der Waals surface area contributed by atoms with Crippen LogP contribution in [0.3, 0.4) is 0 Å². The Labute approximate surface area is 235 Å². The van der Waals surface area contributed by atoms with E-state index in [1.807, 2.05) is 30.3 Å². The third-order valence-electron chi connectivity index (χ3n) is 7.70. The number of benzene rings is 1. The van der Waals surface area contributed by atoms with Gasteiger partial charge in [0.25, 0.3) is 0 Å². The number of ketones is 1. The van der Waals surface area contributed by atoms with Gasteiger partial charge in [0, 0.05) is 12.3 Å². The summed E-state index contributed by atoms with van der Waals surface area (Å²) in [5.74, 6) is -2.68. The Morgan fingerprint density at radius 2 is 1.60 bits per heavy atom. The number of carbonyl (C=O) groups excluding carboxylic acids is 5. The van der Waals surface area contributed by atoms with E-state index in [0.29, 0.717) is 19.4 Å². The van der Waals surface area contributed by atoms with E-state index in [-0.39, 0.29) is 24.5 Å². The average Bonchev–Trinajstić information content (AvgIpc) is 3.49.